The van der Waals surface area contributed by atoms with E-state index in [1.807, 2.05) is 36.6 Å². The van der Waals surface area contributed by atoms with Gasteiger partial charge in [0.2, 0.25) is 0 Å². The summed E-state index contributed by atoms with van der Waals surface area (Å²) >= 11 is 1.52. The van der Waals surface area contributed by atoms with E-state index in [1.165, 1.54) is 11.3 Å². The van der Waals surface area contributed by atoms with E-state index in [-0.39, 0.29) is 6.61 Å². The summed E-state index contributed by atoms with van der Waals surface area (Å²) < 4.78 is 16.5. The van der Waals surface area contributed by atoms with Gasteiger partial charge in [-0.2, -0.15) is 0 Å². The number of rotatable bonds is 8. The summed E-state index contributed by atoms with van der Waals surface area (Å²) in [6.45, 7) is 2.82. The first-order valence-electron chi connectivity index (χ1n) is 8.18. The van der Waals surface area contributed by atoms with Gasteiger partial charge >= 0.3 is 5.97 Å². The Bertz CT molecular complexity index is 849. The third-order valence-corrected chi connectivity index (χ3v) is 4.24. The van der Waals surface area contributed by atoms with Crippen LogP contribution in [-0.2, 0) is 11.3 Å². The van der Waals surface area contributed by atoms with Gasteiger partial charge in [0.05, 0.1) is 16.8 Å². The molecule has 26 heavy (non-hydrogen) atoms. The van der Waals surface area contributed by atoms with E-state index < -0.39 is 5.97 Å². The van der Waals surface area contributed by atoms with E-state index in [0.29, 0.717) is 24.5 Å². The average molecular weight is 369 g/mol. The minimum atomic E-state index is -0.405. The van der Waals surface area contributed by atoms with Crippen molar-refractivity contribution in [1.29, 1.82) is 0 Å². The van der Waals surface area contributed by atoms with Crippen LogP contribution in [0.1, 0.15) is 21.6 Å². The molecule has 3 rings (SSSR count). The Labute approximate surface area is 156 Å². The van der Waals surface area contributed by atoms with Gasteiger partial charge in [0.1, 0.15) is 31.3 Å². The summed E-state index contributed by atoms with van der Waals surface area (Å²) in [5, 5.41) is 1.92. The molecule has 134 valence electrons. The summed E-state index contributed by atoms with van der Waals surface area (Å²) in [6.07, 6.45) is 0. The topological polar surface area (TPSA) is 57.7 Å². The molecule has 2 aromatic carbocycles. The highest BCUT2D eigenvalue weighted by molar-refractivity contribution is 7.07. The van der Waals surface area contributed by atoms with Gasteiger partial charge in [0.15, 0.2) is 0 Å². The molecule has 0 aliphatic rings. The van der Waals surface area contributed by atoms with Gasteiger partial charge < -0.3 is 14.2 Å². The van der Waals surface area contributed by atoms with E-state index in [0.717, 1.165) is 17.0 Å². The summed E-state index contributed by atoms with van der Waals surface area (Å²) in [6, 6.07) is 14.6. The number of ether oxygens (including phenoxy) is 3. The molecule has 0 atom stereocenters. The molecule has 1 heterocycles. The van der Waals surface area contributed by atoms with E-state index in [1.54, 1.807) is 29.8 Å². The van der Waals surface area contributed by atoms with Crippen LogP contribution in [0.5, 0.6) is 11.5 Å². The van der Waals surface area contributed by atoms with Crippen molar-refractivity contribution in [2.24, 2.45) is 0 Å². The second kappa shape index (κ2) is 9.01. The van der Waals surface area contributed by atoms with Crippen LogP contribution in [0.3, 0.4) is 0 Å². The predicted octanol–water partition coefficient (Wildman–Crippen LogP) is 4.27. The van der Waals surface area contributed by atoms with Crippen molar-refractivity contribution in [3.05, 3.63) is 76.2 Å². The first-order chi connectivity index (χ1) is 12.7. The molecule has 0 saturated heterocycles. The SMILES string of the molecule is Cc1ccccc1OCCOC(=O)c1cccc(OCc2cscn2)c1. The Balaban J connectivity index is 1.47. The standard InChI is InChI=1S/C20H19NO4S/c1-15-5-2-3-8-19(15)23-9-10-24-20(22)16-6-4-7-18(11-16)25-12-17-13-26-14-21-17/h2-8,11,13-14H,9-10,12H2,1H3. The summed E-state index contributed by atoms with van der Waals surface area (Å²) in [4.78, 5) is 16.3. The molecule has 3 aromatic rings. The lowest BCUT2D eigenvalue weighted by Crippen LogP contribution is -2.12. The summed E-state index contributed by atoms with van der Waals surface area (Å²) in [5.74, 6) is 0.988. The monoisotopic (exact) mass is 369 g/mol. The Morgan fingerprint density at radius 3 is 2.77 bits per heavy atom. The quantitative estimate of drug-likeness (QED) is 0.438. The molecule has 0 spiro atoms. The lowest BCUT2D eigenvalue weighted by atomic mass is 10.2. The van der Waals surface area contributed by atoms with Crippen LogP contribution in [0.2, 0.25) is 0 Å². The normalized spacial score (nSPS) is 10.3. The highest BCUT2D eigenvalue weighted by Crippen LogP contribution is 2.17. The van der Waals surface area contributed by atoms with Crippen molar-refractivity contribution < 1.29 is 19.0 Å². The Morgan fingerprint density at radius 1 is 1.08 bits per heavy atom. The van der Waals surface area contributed by atoms with E-state index in [9.17, 15) is 4.79 Å². The maximum atomic E-state index is 12.2. The zero-order valence-electron chi connectivity index (χ0n) is 14.4. The number of nitrogens with zero attached hydrogens (tertiary/aromatic N) is 1. The van der Waals surface area contributed by atoms with Crippen LogP contribution < -0.4 is 9.47 Å². The highest BCUT2D eigenvalue weighted by atomic mass is 32.1. The molecule has 0 radical (unpaired) electrons. The second-order valence-corrected chi connectivity index (χ2v) is 6.26. The van der Waals surface area contributed by atoms with Crippen LogP contribution in [0, 0.1) is 6.92 Å². The molecule has 6 heteroatoms. The number of aryl methyl sites for hydroxylation is 1. The van der Waals surface area contributed by atoms with E-state index >= 15 is 0 Å². The van der Waals surface area contributed by atoms with Crippen molar-refractivity contribution in [3.63, 3.8) is 0 Å². The first kappa shape index (κ1) is 17.9. The fourth-order valence-electron chi connectivity index (χ4n) is 2.27. The maximum absolute atomic E-state index is 12.2. The molecule has 0 aliphatic carbocycles. The molecular formula is C20H19NO4S. The summed E-state index contributed by atoms with van der Waals surface area (Å²) in [7, 11) is 0. The smallest absolute Gasteiger partial charge is 0.338 e. The van der Waals surface area contributed by atoms with Crippen LogP contribution in [0.4, 0.5) is 0 Å². The summed E-state index contributed by atoms with van der Waals surface area (Å²) in [5.41, 5.74) is 4.10. The zero-order chi connectivity index (χ0) is 18.2. The third-order valence-electron chi connectivity index (χ3n) is 3.61. The largest absolute Gasteiger partial charge is 0.490 e. The zero-order valence-corrected chi connectivity index (χ0v) is 15.2. The van der Waals surface area contributed by atoms with Crippen LogP contribution in [0.15, 0.2) is 59.4 Å². The van der Waals surface area contributed by atoms with Gasteiger partial charge in [0, 0.05) is 5.38 Å². The lowest BCUT2D eigenvalue weighted by molar-refractivity contribution is 0.0449. The fraction of sp³-hybridized carbons (Fsp3) is 0.200. The number of carbonyl (C=O) groups excluding carboxylic acids is 1. The highest BCUT2D eigenvalue weighted by Gasteiger charge is 2.09. The van der Waals surface area contributed by atoms with Gasteiger partial charge in [-0.25, -0.2) is 9.78 Å². The molecule has 0 bridgehead atoms. The van der Waals surface area contributed by atoms with E-state index in [2.05, 4.69) is 4.98 Å². The van der Waals surface area contributed by atoms with Gasteiger partial charge in [-0.15, -0.1) is 11.3 Å². The second-order valence-electron chi connectivity index (χ2n) is 5.55. The lowest BCUT2D eigenvalue weighted by Gasteiger charge is -2.10. The average Bonchev–Trinajstić information content (AvgIpc) is 3.18. The van der Waals surface area contributed by atoms with Gasteiger partial charge in [-0.3, -0.25) is 0 Å². The van der Waals surface area contributed by atoms with Gasteiger partial charge in [0.25, 0.3) is 0 Å². The Morgan fingerprint density at radius 2 is 1.96 bits per heavy atom. The van der Waals surface area contributed by atoms with Crippen LogP contribution in [-0.4, -0.2) is 24.2 Å². The first-order valence-corrected chi connectivity index (χ1v) is 9.12. The number of aromatic nitrogens is 1. The number of esters is 1. The number of para-hydroxylation sites is 1. The molecule has 1 aromatic heterocycles. The van der Waals surface area contributed by atoms with Gasteiger partial charge in [-0.1, -0.05) is 24.3 Å². The number of carbonyl (C=O) groups is 1. The molecule has 0 saturated carbocycles. The minimum Gasteiger partial charge on any atom is -0.490 e. The number of hydrogen-bond acceptors (Lipinski definition) is 6. The fourth-order valence-corrected chi connectivity index (χ4v) is 2.81. The van der Waals surface area contributed by atoms with Crippen LogP contribution in [0.25, 0.3) is 0 Å². The molecule has 0 N–H and O–H groups in total. The van der Waals surface area contributed by atoms with Crippen molar-refractivity contribution >= 4 is 17.3 Å². The van der Waals surface area contributed by atoms with Gasteiger partial charge in [-0.05, 0) is 36.8 Å². The Hall–Kier alpha value is -2.86. The van der Waals surface area contributed by atoms with Crippen molar-refractivity contribution in [2.45, 2.75) is 13.5 Å². The number of benzene rings is 2. The molecule has 0 fully saturated rings. The minimum absolute atomic E-state index is 0.178. The molecule has 0 unspecified atom stereocenters. The van der Waals surface area contributed by atoms with Crippen molar-refractivity contribution in [2.75, 3.05) is 13.2 Å². The molecular weight excluding hydrogens is 350 g/mol. The molecule has 0 aliphatic heterocycles. The number of hydrogen-bond donors (Lipinski definition) is 0. The van der Waals surface area contributed by atoms with Crippen LogP contribution >= 0.6 is 11.3 Å². The third kappa shape index (κ3) is 5.07. The maximum Gasteiger partial charge on any atom is 0.338 e. The van der Waals surface area contributed by atoms with E-state index in [4.69, 9.17) is 14.2 Å². The molecule has 0 amide bonds. The van der Waals surface area contributed by atoms with Crippen molar-refractivity contribution in [1.82, 2.24) is 4.98 Å². The van der Waals surface area contributed by atoms with Crippen molar-refractivity contribution in [3.8, 4) is 11.5 Å². The predicted molar refractivity (Wildman–Crippen MR) is 99.8 cm³/mol. The number of thiazole rings is 1. The Kier molecular flexibility index (Phi) is 6.22. The molecule has 5 nitrogen and oxygen atoms in total.